The minimum absolute atomic E-state index is 0.256. The Bertz CT molecular complexity index is 1090. The van der Waals surface area contributed by atoms with Gasteiger partial charge in [0.2, 0.25) is 0 Å². The van der Waals surface area contributed by atoms with Gasteiger partial charge in [-0.3, -0.25) is 4.57 Å². The summed E-state index contributed by atoms with van der Waals surface area (Å²) in [5.74, 6) is 0.539. The standard InChI is InChI=1S/C26H33N2O4P/c1-19(2)32-33(29,23-15-12-21(13-16-23)28(3)4)26(27-20-10-8-7-9-11-20)24-17-14-22(30-5)18-25(24)31-6/h7-19,26-27H,1-6H3. The van der Waals surface area contributed by atoms with Crippen molar-refractivity contribution in [3.8, 4) is 11.5 Å². The first-order valence-electron chi connectivity index (χ1n) is 10.9. The van der Waals surface area contributed by atoms with Crippen molar-refractivity contribution in [2.45, 2.75) is 25.7 Å². The van der Waals surface area contributed by atoms with Gasteiger partial charge in [-0.25, -0.2) is 0 Å². The number of methoxy groups -OCH3 is 2. The second kappa shape index (κ2) is 10.8. The molecule has 3 aromatic carbocycles. The molecule has 33 heavy (non-hydrogen) atoms. The Morgan fingerprint density at radius 1 is 0.879 bits per heavy atom. The highest BCUT2D eigenvalue weighted by atomic mass is 31.2. The van der Waals surface area contributed by atoms with Gasteiger partial charge in [0, 0.05) is 42.4 Å². The summed E-state index contributed by atoms with van der Waals surface area (Å²) in [6.07, 6.45) is -0.256. The molecule has 176 valence electrons. The lowest BCUT2D eigenvalue weighted by molar-refractivity contribution is 0.245. The fourth-order valence-corrected chi connectivity index (χ4v) is 6.26. The summed E-state index contributed by atoms with van der Waals surface area (Å²) < 4.78 is 32.2. The average molecular weight is 469 g/mol. The van der Waals surface area contributed by atoms with Gasteiger partial charge < -0.3 is 24.2 Å². The van der Waals surface area contributed by atoms with E-state index in [0.717, 1.165) is 16.9 Å². The summed E-state index contributed by atoms with van der Waals surface area (Å²) in [7, 11) is 3.66. The van der Waals surface area contributed by atoms with E-state index < -0.39 is 13.2 Å². The molecule has 0 aliphatic carbocycles. The van der Waals surface area contributed by atoms with Gasteiger partial charge in [0.25, 0.3) is 7.37 Å². The summed E-state index contributed by atoms with van der Waals surface area (Å²) in [4.78, 5) is 2.00. The van der Waals surface area contributed by atoms with E-state index in [2.05, 4.69) is 5.32 Å². The maximum Gasteiger partial charge on any atom is 0.258 e. The zero-order valence-corrected chi connectivity index (χ0v) is 21.0. The van der Waals surface area contributed by atoms with Gasteiger partial charge in [-0.1, -0.05) is 18.2 Å². The van der Waals surface area contributed by atoms with E-state index in [1.54, 1.807) is 20.3 Å². The van der Waals surface area contributed by atoms with Crippen LogP contribution in [0.5, 0.6) is 11.5 Å². The predicted molar refractivity (Wildman–Crippen MR) is 137 cm³/mol. The molecule has 0 amide bonds. The largest absolute Gasteiger partial charge is 0.497 e. The van der Waals surface area contributed by atoms with Crippen molar-refractivity contribution in [3.05, 3.63) is 78.4 Å². The van der Waals surface area contributed by atoms with Crippen molar-refractivity contribution >= 4 is 24.0 Å². The van der Waals surface area contributed by atoms with Gasteiger partial charge >= 0.3 is 0 Å². The SMILES string of the molecule is COc1ccc(C(Nc2ccccc2)P(=O)(OC(C)C)c2ccc(N(C)C)cc2)c(OC)c1. The third-order valence-corrected chi connectivity index (χ3v) is 8.09. The molecule has 2 atom stereocenters. The van der Waals surface area contributed by atoms with Crippen LogP contribution in [0, 0.1) is 0 Å². The number of para-hydroxylation sites is 1. The van der Waals surface area contributed by atoms with Crippen LogP contribution < -0.4 is 25.0 Å². The van der Waals surface area contributed by atoms with Gasteiger partial charge in [0.15, 0.2) is 0 Å². The molecule has 0 heterocycles. The molecule has 0 saturated heterocycles. The molecule has 7 heteroatoms. The summed E-state index contributed by atoms with van der Waals surface area (Å²) in [6.45, 7) is 3.79. The molecule has 3 aromatic rings. The first-order valence-corrected chi connectivity index (χ1v) is 12.6. The quantitative estimate of drug-likeness (QED) is 0.373. The number of benzene rings is 3. The lowest BCUT2D eigenvalue weighted by Gasteiger charge is -2.32. The second-order valence-electron chi connectivity index (χ2n) is 8.18. The maximum absolute atomic E-state index is 14.8. The second-order valence-corrected chi connectivity index (χ2v) is 10.6. The van der Waals surface area contributed by atoms with Crippen LogP contribution in [-0.4, -0.2) is 34.4 Å². The van der Waals surface area contributed by atoms with E-state index in [1.165, 1.54) is 0 Å². The van der Waals surface area contributed by atoms with Crippen LogP contribution in [0.1, 0.15) is 25.2 Å². The van der Waals surface area contributed by atoms with Crippen LogP contribution in [0.4, 0.5) is 11.4 Å². The summed E-state index contributed by atoms with van der Waals surface area (Å²) in [6, 6.07) is 22.9. The van der Waals surface area contributed by atoms with Gasteiger partial charge in [-0.05, 0) is 62.4 Å². The van der Waals surface area contributed by atoms with E-state index in [0.29, 0.717) is 16.8 Å². The Balaban J connectivity index is 2.21. The number of rotatable bonds is 10. The highest BCUT2D eigenvalue weighted by Crippen LogP contribution is 2.61. The van der Waals surface area contributed by atoms with Crippen LogP contribution in [0.15, 0.2) is 72.8 Å². The monoisotopic (exact) mass is 468 g/mol. The van der Waals surface area contributed by atoms with E-state index >= 15 is 0 Å². The molecule has 2 unspecified atom stereocenters. The molecule has 6 nitrogen and oxygen atoms in total. The molecular weight excluding hydrogens is 435 g/mol. The molecule has 0 fully saturated rings. The van der Waals surface area contributed by atoms with Gasteiger partial charge in [-0.2, -0.15) is 0 Å². The third-order valence-electron chi connectivity index (χ3n) is 5.25. The zero-order valence-electron chi connectivity index (χ0n) is 20.1. The first kappa shape index (κ1) is 24.7. The normalized spacial score (nSPS) is 13.8. The smallest absolute Gasteiger partial charge is 0.258 e. The number of nitrogens with zero attached hydrogens (tertiary/aromatic N) is 1. The van der Waals surface area contributed by atoms with E-state index in [4.69, 9.17) is 14.0 Å². The fraction of sp³-hybridized carbons (Fsp3) is 0.308. The van der Waals surface area contributed by atoms with Crippen LogP contribution in [0.2, 0.25) is 0 Å². The highest BCUT2D eigenvalue weighted by Gasteiger charge is 2.40. The van der Waals surface area contributed by atoms with Crippen molar-refractivity contribution in [2.24, 2.45) is 0 Å². The summed E-state index contributed by atoms with van der Waals surface area (Å²) in [5.41, 5.74) is 2.57. The van der Waals surface area contributed by atoms with Crippen LogP contribution in [0.3, 0.4) is 0 Å². The summed E-state index contributed by atoms with van der Waals surface area (Å²) in [5, 5.41) is 4.10. The average Bonchev–Trinajstić information content (AvgIpc) is 2.82. The Morgan fingerprint density at radius 2 is 1.55 bits per heavy atom. The lowest BCUT2D eigenvalue weighted by atomic mass is 10.1. The molecule has 1 N–H and O–H groups in total. The van der Waals surface area contributed by atoms with Gasteiger partial charge in [-0.15, -0.1) is 0 Å². The molecule has 0 aliphatic rings. The van der Waals surface area contributed by atoms with Crippen LogP contribution >= 0.6 is 7.37 Å². The molecular formula is C26H33N2O4P. The van der Waals surface area contributed by atoms with Crippen LogP contribution in [-0.2, 0) is 9.09 Å². The first-order chi connectivity index (χ1) is 15.8. The topological polar surface area (TPSA) is 60.0 Å². The Kier molecular flexibility index (Phi) is 8.06. The van der Waals surface area contributed by atoms with Crippen molar-refractivity contribution in [2.75, 3.05) is 38.5 Å². The highest BCUT2D eigenvalue weighted by molar-refractivity contribution is 7.67. The zero-order chi connectivity index (χ0) is 24.0. The molecule has 0 aromatic heterocycles. The maximum atomic E-state index is 14.8. The molecule has 3 rings (SSSR count). The van der Waals surface area contributed by atoms with Gasteiger partial charge in [0.1, 0.15) is 17.3 Å². The van der Waals surface area contributed by atoms with Crippen molar-refractivity contribution in [1.82, 2.24) is 0 Å². The molecule has 0 saturated carbocycles. The van der Waals surface area contributed by atoms with Crippen molar-refractivity contribution in [3.63, 3.8) is 0 Å². The fourth-order valence-electron chi connectivity index (χ4n) is 3.62. The third kappa shape index (κ3) is 5.70. The number of anilines is 2. The molecule has 0 bridgehead atoms. The number of hydrogen-bond donors (Lipinski definition) is 1. The lowest BCUT2D eigenvalue weighted by Crippen LogP contribution is -2.23. The minimum Gasteiger partial charge on any atom is -0.497 e. The Labute approximate surface area is 196 Å². The summed E-state index contributed by atoms with van der Waals surface area (Å²) >= 11 is 0. The molecule has 0 spiro atoms. The Hall–Kier alpha value is -2.95. The number of hydrogen-bond acceptors (Lipinski definition) is 6. The predicted octanol–water partition coefficient (Wildman–Crippen LogP) is 5.91. The minimum atomic E-state index is -3.49. The number of ether oxygens (including phenoxy) is 2. The molecule has 0 radical (unpaired) electrons. The van der Waals surface area contributed by atoms with Crippen molar-refractivity contribution in [1.29, 1.82) is 0 Å². The van der Waals surface area contributed by atoms with Crippen molar-refractivity contribution < 1.29 is 18.6 Å². The Morgan fingerprint density at radius 3 is 2.09 bits per heavy atom. The van der Waals surface area contributed by atoms with E-state index in [9.17, 15) is 4.57 Å². The molecule has 0 aliphatic heterocycles. The van der Waals surface area contributed by atoms with E-state index in [1.807, 2.05) is 99.6 Å². The van der Waals surface area contributed by atoms with Crippen LogP contribution in [0.25, 0.3) is 0 Å². The van der Waals surface area contributed by atoms with Gasteiger partial charge in [0.05, 0.1) is 20.3 Å². The number of nitrogens with one attached hydrogen (secondary N) is 1. The van der Waals surface area contributed by atoms with E-state index in [-0.39, 0.29) is 6.10 Å².